The number of carboxylic acid groups (broad SMARTS) is 2. The molecule has 1 atom stereocenters. The third-order valence-electron chi connectivity index (χ3n) is 3.84. The third-order valence-corrected chi connectivity index (χ3v) is 5.60. The minimum Gasteiger partial charge on any atom is -0.481 e. The normalized spacial score (nSPS) is 16.5. The highest BCUT2D eigenvalue weighted by Gasteiger charge is 2.41. The molecule has 0 spiro atoms. The van der Waals surface area contributed by atoms with Crippen LogP contribution in [0.4, 0.5) is 0 Å². The van der Waals surface area contributed by atoms with E-state index >= 15 is 0 Å². The molecule has 11 heteroatoms. The van der Waals surface area contributed by atoms with E-state index in [1.807, 2.05) is 0 Å². The molecule has 0 radical (unpaired) electrons. The number of rotatable bonds is 6. The predicted octanol–water partition coefficient (Wildman–Crippen LogP) is 4.38. The Bertz CT molecular complexity index is 1040. The fraction of sp³-hybridized carbons (Fsp3) is 0.111. The molecule has 0 unspecified atom stereocenters. The number of thioether (sulfide) groups is 1. The Labute approximate surface area is 183 Å². The monoisotopic (exact) mass is 471 g/mol. The molecule has 3 rings (SSSR count). The zero-order valence-electron chi connectivity index (χ0n) is 14.3. The van der Waals surface area contributed by atoms with Crippen LogP contribution in [0.15, 0.2) is 39.7 Å². The first-order chi connectivity index (χ1) is 13.7. The highest BCUT2D eigenvalue weighted by atomic mass is 35.5. The zero-order valence-corrected chi connectivity index (χ0v) is 17.4. The Morgan fingerprint density at radius 2 is 1.86 bits per heavy atom. The van der Waals surface area contributed by atoms with Crippen molar-refractivity contribution in [2.75, 3.05) is 0 Å². The maximum atomic E-state index is 12.6. The second-order valence-corrected chi connectivity index (χ2v) is 8.41. The molecule has 2 heterocycles. The van der Waals surface area contributed by atoms with Crippen LogP contribution in [0.1, 0.15) is 12.2 Å². The summed E-state index contributed by atoms with van der Waals surface area (Å²) in [4.78, 5) is 35.9. The molecule has 1 aliphatic heterocycles. The minimum absolute atomic E-state index is 0.0386. The number of halogens is 2. The first-order valence-corrected chi connectivity index (χ1v) is 9.91. The SMILES string of the molecule is O=C(O)C[C@@H](C(=O)O)N1C(=O)/C(=C/c2ccc(-c3cc(Cl)cc(Cl)c3)o2)SC1=S. The quantitative estimate of drug-likeness (QED) is 0.471. The van der Waals surface area contributed by atoms with Crippen LogP contribution in [0.5, 0.6) is 0 Å². The van der Waals surface area contributed by atoms with E-state index in [0.29, 0.717) is 27.1 Å². The van der Waals surface area contributed by atoms with Crippen molar-refractivity contribution < 1.29 is 29.0 Å². The van der Waals surface area contributed by atoms with E-state index in [-0.39, 0.29) is 9.23 Å². The second kappa shape index (κ2) is 8.58. The number of hydrogen-bond acceptors (Lipinski definition) is 6. The first kappa shape index (κ1) is 21.4. The smallest absolute Gasteiger partial charge is 0.327 e. The van der Waals surface area contributed by atoms with Gasteiger partial charge in [0.2, 0.25) is 0 Å². The van der Waals surface area contributed by atoms with Gasteiger partial charge in [-0.3, -0.25) is 14.5 Å². The largest absolute Gasteiger partial charge is 0.481 e. The summed E-state index contributed by atoms with van der Waals surface area (Å²) < 4.78 is 5.66. The summed E-state index contributed by atoms with van der Waals surface area (Å²) in [5, 5.41) is 19.1. The van der Waals surface area contributed by atoms with E-state index in [1.54, 1.807) is 30.3 Å². The molecule has 1 amide bonds. The maximum Gasteiger partial charge on any atom is 0.327 e. The van der Waals surface area contributed by atoms with Gasteiger partial charge in [0.15, 0.2) is 0 Å². The zero-order chi connectivity index (χ0) is 21.3. The minimum atomic E-state index is -1.59. The molecule has 29 heavy (non-hydrogen) atoms. The summed E-state index contributed by atoms with van der Waals surface area (Å²) in [6.07, 6.45) is 0.643. The van der Waals surface area contributed by atoms with Crippen LogP contribution in [-0.2, 0) is 14.4 Å². The van der Waals surface area contributed by atoms with Crippen LogP contribution in [0.2, 0.25) is 10.0 Å². The van der Waals surface area contributed by atoms with Gasteiger partial charge < -0.3 is 14.6 Å². The number of carboxylic acids is 2. The second-order valence-electron chi connectivity index (χ2n) is 5.86. The van der Waals surface area contributed by atoms with Gasteiger partial charge in [-0.25, -0.2) is 4.79 Å². The van der Waals surface area contributed by atoms with Crippen molar-refractivity contribution in [3.63, 3.8) is 0 Å². The van der Waals surface area contributed by atoms with Gasteiger partial charge in [0.05, 0.1) is 11.3 Å². The van der Waals surface area contributed by atoms with Crippen molar-refractivity contribution in [1.29, 1.82) is 0 Å². The highest BCUT2D eigenvalue weighted by Crippen LogP contribution is 2.36. The van der Waals surface area contributed by atoms with Crippen LogP contribution in [0.3, 0.4) is 0 Å². The fourth-order valence-corrected chi connectivity index (χ4v) is 4.48. The van der Waals surface area contributed by atoms with E-state index in [0.717, 1.165) is 16.7 Å². The van der Waals surface area contributed by atoms with Gasteiger partial charge in [0.25, 0.3) is 5.91 Å². The average Bonchev–Trinajstić information content (AvgIpc) is 3.17. The van der Waals surface area contributed by atoms with Crippen LogP contribution < -0.4 is 0 Å². The molecule has 0 saturated carbocycles. The van der Waals surface area contributed by atoms with E-state index in [9.17, 15) is 19.5 Å². The van der Waals surface area contributed by atoms with E-state index in [4.69, 9.17) is 44.9 Å². The van der Waals surface area contributed by atoms with Crippen molar-refractivity contribution in [3.8, 4) is 11.3 Å². The summed E-state index contributed by atoms with van der Waals surface area (Å²) in [5.41, 5.74) is 0.641. The van der Waals surface area contributed by atoms with E-state index < -0.39 is 30.3 Å². The molecule has 2 N–H and O–H groups in total. The predicted molar refractivity (Wildman–Crippen MR) is 113 cm³/mol. The van der Waals surface area contributed by atoms with Crippen molar-refractivity contribution in [2.45, 2.75) is 12.5 Å². The lowest BCUT2D eigenvalue weighted by atomic mass is 10.2. The Balaban J connectivity index is 1.87. The van der Waals surface area contributed by atoms with E-state index in [2.05, 4.69) is 0 Å². The Kier molecular flexibility index (Phi) is 6.33. The topological polar surface area (TPSA) is 108 Å². The van der Waals surface area contributed by atoms with Gasteiger partial charge in [-0.2, -0.15) is 0 Å². The Morgan fingerprint density at radius 3 is 2.45 bits per heavy atom. The van der Waals surface area contributed by atoms with E-state index in [1.165, 1.54) is 6.08 Å². The number of nitrogens with zero attached hydrogens (tertiary/aromatic N) is 1. The van der Waals surface area contributed by atoms with Gasteiger partial charge in [-0.15, -0.1) is 0 Å². The number of carbonyl (C=O) groups is 3. The average molecular weight is 472 g/mol. The number of carbonyl (C=O) groups excluding carboxylic acids is 1. The lowest BCUT2D eigenvalue weighted by Gasteiger charge is -2.21. The molecule has 150 valence electrons. The standard InChI is InChI=1S/C18H11Cl2NO6S2/c19-9-3-8(4-10(20)5-9)13-2-1-11(27-13)6-14-16(24)21(18(28)29-14)12(17(25)26)7-15(22)23/h1-6,12H,7H2,(H,22,23)(H,25,26)/b14-6-/t12-/m0/s1. The fourth-order valence-electron chi connectivity index (χ4n) is 2.61. The summed E-state index contributed by atoms with van der Waals surface area (Å²) >= 11 is 17.9. The van der Waals surface area contributed by atoms with Crippen LogP contribution in [0, 0.1) is 0 Å². The molecule has 1 aliphatic rings. The molecule has 2 aromatic rings. The number of benzene rings is 1. The summed E-state index contributed by atoms with van der Waals surface area (Å²) in [7, 11) is 0. The van der Waals surface area contributed by atoms with Crippen LogP contribution >= 0.6 is 47.2 Å². The maximum absolute atomic E-state index is 12.6. The van der Waals surface area contributed by atoms with Crippen molar-refractivity contribution in [2.24, 2.45) is 0 Å². The van der Waals surface area contributed by atoms with Gasteiger partial charge in [0, 0.05) is 21.7 Å². The number of aliphatic carboxylic acids is 2. The summed E-state index contributed by atoms with van der Waals surface area (Å²) in [6, 6.07) is 6.60. The lowest BCUT2D eigenvalue weighted by molar-refractivity contribution is -0.150. The van der Waals surface area contributed by atoms with Crippen molar-refractivity contribution in [1.82, 2.24) is 4.90 Å². The summed E-state index contributed by atoms with van der Waals surface area (Å²) in [6.45, 7) is 0. The molecule has 1 fully saturated rings. The molecule has 1 aromatic heterocycles. The molecular weight excluding hydrogens is 461 g/mol. The highest BCUT2D eigenvalue weighted by molar-refractivity contribution is 8.26. The molecule has 0 bridgehead atoms. The number of amides is 1. The number of thiocarbonyl (C=S) groups is 1. The van der Waals surface area contributed by atoms with Crippen molar-refractivity contribution in [3.05, 3.63) is 51.0 Å². The molecule has 1 saturated heterocycles. The van der Waals surface area contributed by atoms with Crippen LogP contribution in [0.25, 0.3) is 17.4 Å². The third kappa shape index (κ3) is 4.81. The Hall–Kier alpha value is -2.33. The molecule has 7 nitrogen and oxygen atoms in total. The van der Waals surface area contributed by atoms with Gasteiger partial charge in [-0.1, -0.05) is 47.2 Å². The molecule has 0 aliphatic carbocycles. The summed E-state index contributed by atoms with van der Waals surface area (Å²) in [5.74, 6) is -2.72. The number of hydrogen-bond donors (Lipinski definition) is 2. The first-order valence-electron chi connectivity index (χ1n) is 7.93. The molecular formula is C18H11Cl2NO6S2. The van der Waals surface area contributed by atoms with Crippen LogP contribution in [-0.4, -0.2) is 43.3 Å². The van der Waals surface area contributed by atoms with Crippen molar-refractivity contribution >= 4 is 75.4 Å². The Morgan fingerprint density at radius 1 is 1.21 bits per heavy atom. The van der Waals surface area contributed by atoms with Gasteiger partial charge >= 0.3 is 11.9 Å². The lowest BCUT2D eigenvalue weighted by Crippen LogP contribution is -2.45. The molecule has 1 aromatic carbocycles. The van der Waals surface area contributed by atoms with Gasteiger partial charge in [-0.05, 0) is 30.3 Å². The van der Waals surface area contributed by atoms with Gasteiger partial charge in [0.1, 0.15) is 21.9 Å². The number of furan rings is 1.